The maximum absolute atomic E-state index is 12.0. The van der Waals surface area contributed by atoms with Gasteiger partial charge in [-0.2, -0.15) is 0 Å². The van der Waals surface area contributed by atoms with Crippen molar-refractivity contribution in [2.75, 3.05) is 46.4 Å². The molecular weight excluding hydrogens is 338 g/mol. The molecule has 0 unspecified atom stereocenters. The standard InChI is InChI=1S/C22H29N3O2/c1-27-16-11-23-22(26)21-9-7-20(8-10-21)18-25-14-12-24(13-15-25)17-19-5-3-2-4-6-19/h2-10H,11-18H2,1H3,(H,23,26). The molecule has 1 amide bonds. The van der Waals surface area contributed by atoms with Gasteiger partial charge in [0.1, 0.15) is 0 Å². The van der Waals surface area contributed by atoms with Crippen LogP contribution in [0.15, 0.2) is 54.6 Å². The number of hydrogen-bond donors (Lipinski definition) is 1. The highest BCUT2D eigenvalue weighted by atomic mass is 16.5. The van der Waals surface area contributed by atoms with Gasteiger partial charge in [0.25, 0.3) is 5.91 Å². The zero-order valence-corrected chi connectivity index (χ0v) is 16.1. The van der Waals surface area contributed by atoms with Crippen molar-refractivity contribution in [3.8, 4) is 0 Å². The molecule has 0 spiro atoms. The smallest absolute Gasteiger partial charge is 0.251 e. The summed E-state index contributed by atoms with van der Waals surface area (Å²) in [5.41, 5.74) is 3.33. The SMILES string of the molecule is COCCNC(=O)c1ccc(CN2CCN(Cc3ccccc3)CC2)cc1. The predicted octanol–water partition coefficient (Wildman–Crippen LogP) is 2.38. The first-order chi connectivity index (χ1) is 13.2. The fourth-order valence-electron chi connectivity index (χ4n) is 3.34. The molecule has 27 heavy (non-hydrogen) atoms. The normalized spacial score (nSPS) is 15.6. The first kappa shape index (κ1) is 19.5. The molecule has 2 aromatic carbocycles. The molecule has 1 saturated heterocycles. The number of piperazine rings is 1. The molecule has 1 fully saturated rings. The molecule has 0 aromatic heterocycles. The van der Waals surface area contributed by atoms with E-state index in [0.717, 1.165) is 39.3 Å². The zero-order valence-electron chi connectivity index (χ0n) is 16.1. The van der Waals surface area contributed by atoms with Crippen LogP contribution in [-0.2, 0) is 17.8 Å². The fraction of sp³-hybridized carbons (Fsp3) is 0.409. The number of ether oxygens (including phenoxy) is 1. The number of nitrogens with one attached hydrogen (secondary N) is 1. The summed E-state index contributed by atoms with van der Waals surface area (Å²) in [6.45, 7) is 7.36. The Morgan fingerprint density at radius 3 is 2.00 bits per heavy atom. The maximum atomic E-state index is 12.0. The zero-order chi connectivity index (χ0) is 18.9. The van der Waals surface area contributed by atoms with Gasteiger partial charge in [0.05, 0.1) is 6.61 Å². The molecule has 0 atom stereocenters. The van der Waals surface area contributed by atoms with Gasteiger partial charge in [0, 0.05) is 58.5 Å². The second-order valence-corrected chi connectivity index (χ2v) is 6.98. The third-order valence-corrected chi connectivity index (χ3v) is 4.93. The Morgan fingerprint density at radius 2 is 1.44 bits per heavy atom. The predicted molar refractivity (Wildman–Crippen MR) is 108 cm³/mol. The van der Waals surface area contributed by atoms with Crippen LogP contribution in [0.5, 0.6) is 0 Å². The second-order valence-electron chi connectivity index (χ2n) is 6.98. The second kappa shape index (κ2) is 10.2. The Labute approximate surface area is 161 Å². The van der Waals surface area contributed by atoms with Crippen LogP contribution in [0.4, 0.5) is 0 Å². The lowest BCUT2D eigenvalue weighted by Gasteiger charge is -2.34. The molecule has 0 bridgehead atoms. The summed E-state index contributed by atoms with van der Waals surface area (Å²) in [4.78, 5) is 17.0. The molecule has 2 aromatic rings. The molecule has 1 aliphatic heterocycles. The van der Waals surface area contributed by atoms with Crippen molar-refractivity contribution in [1.29, 1.82) is 0 Å². The van der Waals surface area contributed by atoms with Gasteiger partial charge in [-0.1, -0.05) is 42.5 Å². The number of rotatable bonds is 8. The lowest BCUT2D eigenvalue weighted by Crippen LogP contribution is -2.45. The Morgan fingerprint density at radius 1 is 0.889 bits per heavy atom. The van der Waals surface area contributed by atoms with E-state index in [1.165, 1.54) is 11.1 Å². The highest BCUT2D eigenvalue weighted by molar-refractivity contribution is 5.94. The van der Waals surface area contributed by atoms with Crippen LogP contribution in [0.1, 0.15) is 21.5 Å². The summed E-state index contributed by atoms with van der Waals surface area (Å²) in [6, 6.07) is 18.6. The van der Waals surface area contributed by atoms with Crippen LogP contribution in [0.25, 0.3) is 0 Å². The first-order valence-electron chi connectivity index (χ1n) is 9.59. The number of nitrogens with zero attached hydrogens (tertiary/aromatic N) is 2. The largest absolute Gasteiger partial charge is 0.383 e. The van der Waals surface area contributed by atoms with Crippen molar-refractivity contribution in [1.82, 2.24) is 15.1 Å². The average Bonchev–Trinajstić information content (AvgIpc) is 2.71. The van der Waals surface area contributed by atoms with E-state index >= 15 is 0 Å². The molecule has 1 heterocycles. The maximum Gasteiger partial charge on any atom is 0.251 e. The van der Waals surface area contributed by atoms with Gasteiger partial charge >= 0.3 is 0 Å². The minimum Gasteiger partial charge on any atom is -0.383 e. The Bertz CT molecular complexity index is 695. The van der Waals surface area contributed by atoms with E-state index in [1.807, 2.05) is 12.1 Å². The molecule has 0 aliphatic carbocycles. The van der Waals surface area contributed by atoms with E-state index < -0.39 is 0 Å². The summed E-state index contributed by atoms with van der Waals surface area (Å²) < 4.78 is 4.95. The van der Waals surface area contributed by atoms with Gasteiger partial charge in [0.15, 0.2) is 0 Å². The van der Waals surface area contributed by atoms with Gasteiger partial charge < -0.3 is 10.1 Å². The number of hydrogen-bond acceptors (Lipinski definition) is 4. The molecule has 1 aliphatic rings. The van der Waals surface area contributed by atoms with E-state index in [9.17, 15) is 4.79 Å². The minimum atomic E-state index is -0.0480. The van der Waals surface area contributed by atoms with Gasteiger partial charge in [-0.25, -0.2) is 0 Å². The number of methoxy groups -OCH3 is 1. The summed E-state index contributed by atoms with van der Waals surface area (Å²) in [5.74, 6) is -0.0480. The molecule has 1 N–H and O–H groups in total. The number of amides is 1. The van der Waals surface area contributed by atoms with Crippen molar-refractivity contribution in [3.63, 3.8) is 0 Å². The van der Waals surface area contributed by atoms with Gasteiger partial charge in [-0.15, -0.1) is 0 Å². The topological polar surface area (TPSA) is 44.8 Å². The van der Waals surface area contributed by atoms with Crippen LogP contribution in [-0.4, -0.2) is 62.1 Å². The van der Waals surface area contributed by atoms with Crippen molar-refractivity contribution in [3.05, 3.63) is 71.3 Å². The van der Waals surface area contributed by atoms with E-state index in [1.54, 1.807) is 7.11 Å². The van der Waals surface area contributed by atoms with Crippen LogP contribution in [0, 0.1) is 0 Å². The fourth-order valence-corrected chi connectivity index (χ4v) is 3.34. The summed E-state index contributed by atoms with van der Waals surface area (Å²) >= 11 is 0. The summed E-state index contributed by atoms with van der Waals surface area (Å²) in [5, 5.41) is 2.85. The lowest BCUT2D eigenvalue weighted by molar-refractivity contribution is 0.0937. The molecule has 5 heteroatoms. The van der Waals surface area contributed by atoms with Crippen LogP contribution in [0.2, 0.25) is 0 Å². The summed E-state index contributed by atoms with van der Waals surface area (Å²) in [7, 11) is 1.63. The van der Waals surface area contributed by atoms with Crippen LogP contribution < -0.4 is 5.32 Å². The van der Waals surface area contributed by atoms with E-state index in [4.69, 9.17) is 4.74 Å². The lowest BCUT2D eigenvalue weighted by atomic mass is 10.1. The monoisotopic (exact) mass is 367 g/mol. The average molecular weight is 367 g/mol. The van der Waals surface area contributed by atoms with Crippen LogP contribution >= 0.6 is 0 Å². The van der Waals surface area contributed by atoms with E-state index in [-0.39, 0.29) is 5.91 Å². The van der Waals surface area contributed by atoms with Crippen molar-refractivity contribution in [2.45, 2.75) is 13.1 Å². The molecule has 0 radical (unpaired) electrons. The Hall–Kier alpha value is -2.21. The Balaban J connectivity index is 1.43. The molecular formula is C22H29N3O2. The number of carbonyl (C=O) groups is 1. The third kappa shape index (κ3) is 6.17. The van der Waals surface area contributed by atoms with Crippen LogP contribution in [0.3, 0.4) is 0 Å². The number of benzene rings is 2. The highest BCUT2D eigenvalue weighted by Crippen LogP contribution is 2.12. The molecule has 3 rings (SSSR count). The van der Waals surface area contributed by atoms with Gasteiger partial charge in [0.2, 0.25) is 0 Å². The summed E-state index contributed by atoms with van der Waals surface area (Å²) in [6.07, 6.45) is 0. The van der Waals surface area contributed by atoms with Gasteiger partial charge in [-0.3, -0.25) is 14.6 Å². The number of carbonyl (C=O) groups excluding carboxylic acids is 1. The first-order valence-corrected chi connectivity index (χ1v) is 9.59. The van der Waals surface area contributed by atoms with Crippen molar-refractivity contribution in [2.24, 2.45) is 0 Å². The Kier molecular flexibility index (Phi) is 7.39. The molecule has 144 valence electrons. The molecule has 5 nitrogen and oxygen atoms in total. The minimum absolute atomic E-state index is 0.0480. The van der Waals surface area contributed by atoms with E-state index in [2.05, 4.69) is 57.6 Å². The van der Waals surface area contributed by atoms with E-state index in [0.29, 0.717) is 18.7 Å². The highest BCUT2D eigenvalue weighted by Gasteiger charge is 2.17. The third-order valence-electron chi connectivity index (χ3n) is 4.93. The molecule has 0 saturated carbocycles. The quantitative estimate of drug-likeness (QED) is 0.728. The van der Waals surface area contributed by atoms with Gasteiger partial charge in [-0.05, 0) is 23.3 Å². The van der Waals surface area contributed by atoms with Crippen molar-refractivity contribution >= 4 is 5.91 Å². The van der Waals surface area contributed by atoms with Crippen molar-refractivity contribution < 1.29 is 9.53 Å².